The molecule has 0 aliphatic rings. The largest absolute Gasteiger partial charge is 0.509 e. The molecule has 0 aromatic heterocycles. The molecule has 0 saturated heterocycles. The monoisotopic (exact) mass is 318 g/mol. The van der Waals surface area contributed by atoms with Crippen LogP contribution in [0.25, 0.3) is 0 Å². The average molecular weight is 318 g/mol. The number of benzene rings is 2. The summed E-state index contributed by atoms with van der Waals surface area (Å²) in [6.07, 6.45) is 0. The predicted octanol–water partition coefficient (Wildman–Crippen LogP) is 4.69. The van der Waals surface area contributed by atoms with E-state index in [1.54, 1.807) is 18.8 Å². The molecule has 0 spiro atoms. The van der Waals surface area contributed by atoms with Gasteiger partial charge in [0.25, 0.3) is 0 Å². The van der Waals surface area contributed by atoms with Gasteiger partial charge in [0.1, 0.15) is 11.5 Å². The van der Waals surface area contributed by atoms with E-state index in [0.29, 0.717) is 5.75 Å². The molecule has 0 bridgehead atoms. The molecule has 0 radical (unpaired) electrons. The van der Waals surface area contributed by atoms with Crippen LogP contribution in [0.2, 0.25) is 0 Å². The van der Waals surface area contributed by atoms with Gasteiger partial charge < -0.3 is 9.47 Å². The number of anilines is 1. The molecule has 0 aliphatic heterocycles. The zero-order chi connectivity index (χ0) is 16.2. The van der Waals surface area contributed by atoms with Gasteiger partial charge in [0.2, 0.25) is 0 Å². The van der Waals surface area contributed by atoms with E-state index in [-0.39, 0.29) is 0 Å². The summed E-state index contributed by atoms with van der Waals surface area (Å²) in [5, 5.41) is -0.814. The maximum atomic E-state index is 12.8. The standard InChI is InChI=1S/C17H21NO3P/c1-17(2,21-16-8-6-5-7-9-16)22(19)18(3)14-10-12-15(20-4)13-11-14/h5-13H,1-4H3/q+1. The fraction of sp³-hybridized carbons (Fsp3) is 0.294. The van der Waals surface area contributed by atoms with Gasteiger partial charge in [-0.1, -0.05) is 18.2 Å². The zero-order valence-corrected chi connectivity index (χ0v) is 14.2. The summed E-state index contributed by atoms with van der Waals surface area (Å²) < 4.78 is 25.6. The summed E-state index contributed by atoms with van der Waals surface area (Å²) in [5.41, 5.74) is 0.853. The van der Waals surface area contributed by atoms with E-state index in [9.17, 15) is 4.57 Å². The summed E-state index contributed by atoms with van der Waals surface area (Å²) >= 11 is 0. The van der Waals surface area contributed by atoms with E-state index in [4.69, 9.17) is 9.47 Å². The molecule has 0 fully saturated rings. The lowest BCUT2D eigenvalue weighted by Crippen LogP contribution is -2.29. The lowest BCUT2D eigenvalue weighted by atomic mass is 10.3. The molecule has 0 N–H and O–H groups in total. The molecule has 116 valence electrons. The van der Waals surface area contributed by atoms with Gasteiger partial charge >= 0.3 is 13.3 Å². The quantitative estimate of drug-likeness (QED) is 0.724. The second-order valence-corrected chi connectivity index (χ2v) is 7.58. The van der Waals surface area contributed by atoms with Crippen molar-refractivity contribution in [2.24, 2.45) is 0 Å². The smallest absolute Gasteiger partial charge is 0.497 e. The first-order valence-electron chi connectivity index (χ1n) is 7.03. The van der Waals surface area contributed by atoms with Crippen LogP contribution in [-0.2, 0) is 4.57 Å². The van der Waals surface area contributed by atoms with Crippen LogP contribution in [0.1, 0.15) is 13.8 Å². The highest BCUT2D eigenvalue weighted by atomic mass is 31.1. The van der Waals surface area contributed by atoms with Crippen molar-refractivity contribution in [2.45, 2.75) is 19.2 Å². The highest BCUT2D eigenvalue weighted by Crippen LogP contribution is 2.45. The van der Waals surface area contributed by atoms with Crippen molar-refractivity contribution in [2.75, 3.05) is 18.8 Å². The summed E-state index contributed by atoms with van der Waals surface area (Å²) in [7, 11) is 1.64. The molecule has 1 atom stereocenters. The Balaban J connectivity index is 2.14. The first kappa shape index (κ1) is 16.3. The fourth-order valence-electron chi connectivity index (χ4n) is 2.08. The number of rotatable bonds is 6. The van der Waals surface area contributed by atoms with Crippen molar-refractivity contribution in [3.05, 3.63) is 54.6 Å². The number of ether oxygens (including phenoxy) is 2. The molecule has 0 heterocycles. The molecule has 0 aliphatic carbocycles. The zero-order valence-electron chi connectivity index (χ0n) is 13.3. The second kappa shape index (κ2) is 6.80. The van der Waals surface area contributed by atoms with Crippen LogP contribution in [0.5, 0.6) is 11.5 Å². The van der Waals surface area contributed by atoms with Gasteiger partial charge in [0.15, 0.2) is 0 Å². The molecule has 4 nitrogen and oxygen atoms in total. The normalized spacial score (nSPS) is 11.7. The van der Waals surface area contributed by atoms with E-state index in [1.165, 1.54) is 0 Å². The van der Waals surface area contributed by atoms with E-state index >= 15 is 0 Å². The van der Waals surface area contributed by atoms with Crippen LogP contribution in [-0.4, -0.2) is 19.5 Å². The van der Waals surface area contributed by atoms with E-state index in [1.807, 2.05) is 68.4 Å². The molecule has 22 heavy (non-hydrogen) atoms. The van der Waals surface area contributed by atoms with Crippen LogP contribution < -0.4 is 14.1 Å². The molecule has 1 unspecified atom stereocenters. The Morgan fingerprint density at radius 2 is 1.55 bits per heavy atom. The minimum Gasteiger partial charge on any atom is -0.497 e. The van der Waals surface area contributed by atoms with Crippen molar-refractivity contribution >= 4 is 13.6 Å². The van der Waals surface area contributed by atoms with Crippen LogP contribution >= 0.6 is 7.95 Å². The molecule has 0 amide bonds. The first-order valence-corrected chi connectivity index (χ1v) is 8.24. The highest BCUT2D eigenvalue weighted by molar-refractivity contribution is 7.48. The topological polar surface area (TPSA) is 38.8 Å². The lowest BCUT2D eigenvalue weighted by molar-refractivity contribution is 0.195. The van der Waals surface area contributed by atoms with Gasteiger partial charge in [-0.15, -0.1) is 0 Å². The van der Waals surface area contributed by atoms with Crippen LogP contribution in [0.4, 0.5) is 5.69 Å². The summed E-state index contributed by atoms with van der Waals surface area (Å²) in [5.74, 6) is 1.48. The molecule has 2 aromatic rings. The highest BCUT2D eigenvalue weighted by Gasteiger charge is 2.46. The first-order chi connectivity index (χ1) is 10.4. The Kier molecular flexibility index (Phi) is 5.04. The van der Waals surface area contributed by atoms with Crippen molar-refractivity contribution in [3.8, 4) is 11.5 Å². The minimum absolute atomic E-state index is 0.707. The molecule has 2 aromatic carbocycles. The van der Waals surface area contributed by atoms with Crippen molar-refractivity contribution in [1.29, 1.82) is 0 Å². The Morgan fingerprint density at radius 3 is 2.09 bits per heavy atom. The average Bonchev–Trinajstić information content (AvgIpc) is 2.54. The minimum atomic E-state index is -1.78. The fourth-order valence-corrected chi connectivity index (χ4v) is 3.33. The van der Waals surface area contributed by atoms with Gasteiger partial charge in [-0.05, 0) is 41.0 Å². The van der Waals surface area contributed by atoms with Crippen molar-refractivity contribution in [1.82, 2.24) is 0 Å². The maximum absolute atomic E-state index is 12.8. The molecular weight excluding hydrogens is 297 g/mol. The van der Waals surface area contributed by atoms with Gasteiger partial charge in [-0.2, -0.15) is 4.67 Å². The third kappa shape index (κ3) is 3.77. The van der Waals surface area contributed by atoms with Crippen LogP contribution in [0.15, 0.2) is 54.6 Å². The van der Waals surface area contributed by atoms with Crippen molar-refractivity contribution in [3.63, 3.8) is 0 Å². The second-order valence-electron chi connectivity index (χ2n) is 5.36. The maximum Gasteiger partial charge on any atom is 0.509 e. The third-order valence-corrected chi connectivity index (χ3v) is 5.08. The van der Waals surface area contributed by atoms with Crippen molar-refractivity contribution < 1.29 is 14.0 Å². The molecule has 0 saturated carbocycles. The van der Waals surface area contributed by atoms with Crippen LogP contribution in [0.3, 0.4) is 0 Å². The Bertz CT molecular complexity index is 626. The lowest BCUT2D eigenvalue weighted by Gasteiger charge is -2.20. The number of para-hydroxylation sites is 1. The summed E-state index contributed by atoms with van der Waals surface area (Å²) in [6, 6.07) is 16.9. The number of hydrogen-bond donors (Lipinski definition) is 0. The van der Waals surface area contributed by atoms with Gasteiger partial charge in [0.05, 0.1) is 19.8 Å². The number of nitrogens with zero attached hydrogens (tertiary/aromatic N) is 1. The third-order valence-electron chi connectivity index (χ3n) is 3.29. The molecular formula is C17H21NO3P+. The SMILES string of the molecule is COc1ccc(N(C)[P+](=O)C(C)(C)Oc2ccccc2)cc1. The Hall–Kier alpha value is -2.06. The van der Waals surface area contributed by atoms with E-state index < -0.39 is 13.3 Å². The van der Waals surface area contributed by atoms with Gasteiger partial charge in [-0.25, -0.2) is 0 Å². The Labute approximate surface area is 132 Å². The summed E-state index contributed by atoms with van der Waals surface area (Å²) in [6.45, 7) is 3.66. The van der Waals surface area contributed by atoms with E-state index in [2.05, 4.69) is 0 Å². The summed E-state index contributed by atoms with van der Waals surface area (Å²) in [4.78, 5) is 0. The number of hydrogen-bond acceptors (Lipinski definition) is 3. The predicted molar refractivity (Wildman–Crippen MR) is 90.2 cm³/mol. The van der Waals surface area contributed by atoms with E-state index in [0.717, 1.165) is 11.4 Å². The molecule has 5 heteroatoms. The van der Waals surface area contributed by atoms with Gasteiger partial charge in [0, 0.05) is 13.8 Å². The van der Waals surface area contributed by atoms with Crippen LogP contribution in [0, 0.1) is 0 Å². The molecule has 2 rings (SSSR count). The number of methoxy groups -OCH3 is 1. The Morgan fingerprint density at radius 1 is 0.955 bits per heavy atom. The van der Waals surface area contributed by atoms with Gasteiger partial charge in [-0.3, -0.25) is 0 Å².